The second-order valence-electron chi connectivity index (χ2n) is 2.26. The van der Waals surface area contributed by atoms with Crippen molar-refractivity contribution in [2.75, 3.05) is 7.11 Å². The first-order valence-electron chi connectivity index (χ1n) is 3.42. The fourth-order valence-corrected chi connectivity index (χ4v) is 0.909. The van der Waals surface area contributed by atoms with Gasteiger partial charge in [0.1, 0.15) is 5.75 Å². The Hall–Kier alpha value is -1.58. The van der Waals surface area contributed by atoms with Crippen LogP contribution < -0.4 is 4.74 Å². The minimum Gasteiger partial charge on any atom is -0.496 e. The van der Waals surface area contributed by atoms with Crippen molar-refractivity contribution in [3.63, 3.8) is 0 Å². The maximum absolute atomic E-state index is 10.4. The Bertz CT molecular complexity index is 285. The number of methoxy groups -OCH3 is 1. The van der Waals surface area contributed by atoms with Crippen molar-refractivity contribution in [3.8, 4) is 5.75 Å². The Morgan fingerprint density at radius 3 is 3.08 bits per heavy atom. The van der Waals surface area contributed by atoms with Gasteiger partial charge in [0.15, 0.2) is 0 Å². The fraction of sp³-hybridized carbons (Fsp3) is 0.250. The topological polar surface area (TPSA) is 59.4 Å². The molecule has 1 aromatic heterocycles. The van der Waals surface area contributed by atoms with Crippen LogP contribution in [0.5, 0.6) is 5.75 Å². The van der Waals surface area contributed by atoms with E-state index in [2.05, 4.69) is 4.98 Å². The van der Waals surface area contributed by atoms with E-state index in [1.807, 2.05) is 0 Å². The fourth-order valence-electron chi connectivity index (χ4n) is 0.909. The lowest BCUT2D eigenvalue weighted by Gasteiger charge is -2.03. The average molecular weight is 167 g/mol. The molecule has 0 radical (unpaired) electrons. The van der Waals surface area contributed by atoms with Crippen molar-refractivity contribution >= 4 is 5.97 Å². The van der Waals surface area contributed by atoms with Crippen molar-refractivity contribution in [1.29, 1.82) is 0 Å². The van der Waals surface area contributed by atoms with E-state index in [9.17, 15) is 4.79 Å². The Balaban J connectivity index is 2.89. The van der Waals surface area contributed by atoms with Crippen LogP contribution >= 0.6 is 0 Å². The van der Waals surface area contributed by atoms with Gasteiger partial charge in [-0.2, -0.15) is 0 Å². The smallest absolute Gasteiger partial charge is 0.308 e. The highest BCUT2D eigenvalue weighted by Gasteiger charge is 2.05. The molecular formula is C8H9NO3. The lowest BCUT2D eigenvalue weighted by molar-refractivity contribution is -0.136. The van der Waals surface area contributed by atoms with Crippen molar-refractivity contribution in [2.24, 2.45) is 0 Å². The van der Waals surface area contributed by atoms with E-state index in [-0.39, 0.29) is 6.42 Å². The van der Waals surface area contributed by atoms with E-state index >= 15 is 0 Å². The molecule has 1 N–H and O–H groups in total. The number of carboxylic acids is 1. The van der Waals surface area contributed by atoms with E-state index in [1.54, 1.807) is 12.3 Å². The highest BCUT2D eigenvalue weighted by atomic mass is 16.5. The summed E-state index contributed by atoms with van der Waals surface area (Å²) in [4.78, 5) is 14.2. The van der Waals surface area contributed by atoms with Gasteiger partial charge >= 0.3 is 5.97 Å². The molecule has 1 rings (SSSR count). The van der Waals surface area contributed by atoms with Crippen LogP contribution in [0.1, 0.15) is 5.56 Å². The third-order valence-electron chi connectivity index (χ3n) is 1.42. The lowest BCUT2D eigenvalue weighted by Crippen LogP contribution is -2.02. The number of hydrogen-bond donors (Lipinski definition) is 1. The SMILES string of the molecule is COc1ccncc1CC(=O)O. The number of aliphatic carboxylic acids is 1. The first-order valence-corrected chi connectivity index (χ1v) is 3.42. The lowest BCUT2D eigenvalue weighted by atomic mass is 10.2. The minimum absolute atomic E-state index is 0.0585. The molecule has 64 valence electrons. The van der Waals surface area contributed by atoms with Crippen LogP contribution in [-0.4, -0.2) is 23.2 Å². The number of rotatable bonds is 3. The van der Waals surface area contributed by atoms with Gasteiger partial charge in [-0.25, -0.2) is 0 Å². The quantitative estimate of drug-likeness (QED) is 0.720. The van der Waals surface area contributed by atoms with Gasteiger partial charge in [0.2, 0.25) is 0 Å². The van der Waals surface area contributed by atoms with Crippen molar-refractivity contribution < 1.29 is 14.6 Å². The number of aromatic nitrogens is 1. The summed E-state index contributed by atoms with van der Waals surface area (Å²) in [5.74, 6) is -0.325. The summed E-state index contributed by atoms with van der Waals surface area (Å²) in [6.07, 6.45) is 2.99. The highest BCUT2D eigenvalue weighted by molar-refractivity contribution is 5.71. The molecule has 0 spiro atoms. The number of carboxylic acid groups (broad SMARTS) is 1. The molecule has 4 heteroatoms. The van der Waals surface area contributed by atoms with Crippen LogP contribution in [0.25, 0.3) is 0 Å². The molecule has 12 heavy (non-hydrogen) atoms. The van der Waals surface area contributed by atoms with Crippen molar-refractivity contribution in [1.82, 2.24) is 4.98 Å². The van der Waals surface area contributed by atoms with Crippen LogP contribution in [0, 0.1) is 0 Å². The molecule has 0 saturated heterocycles. The average Bonchev–Trinajstić information content (AvgIpc) is 2.04. The first-order chi connectivity index (χ1) is 5.74. The molecule has 0 aliphatic rings. The van der Waals surface area contributed by atoms with Gasteiger partial charge in [0, 0.05) is 18.0 Å². The number of nitrogens with zero attached hydrogens (tertiary/aromatic N) is 1. The zero-order chi connectivity index (χ0) is 8.97. The van der Waals surface area contributed by atoms with Crippen LogP contribution in [0.15, 0.2) is 18.5 Å². The number of pyridine rings is 1. The normalized spacial score (nSPS) is 9.42. The van der Waals surface area contributed by atoms with E-state index in [4.69, 9.17) is 9.84 Å². The molecule has 0 fully saturated rings. The number of hydrogen-bond acceptors (Lipinski definition) is 3. The summed E-state index contributed by atoms with van der Waals surface area (Å²) in [7, 11) is 1.50. The molecule has 0 bridgehead atoms. The third kappa shape index (κ3) is 1.95. The maximum atomic E-state index is 10.4. The van der Waals surface area contributed by atoms with Gasteiger partial charge < -0.3 is 9.84 Å². The monoisotopic (exact) mass is 167 g/mol. The Morgan fingerprint density at radius 2 is 2.50 bits per heavy atom. The number of ether oxygens (including phenoxy) is 1. The summed E-state index contributed by atoms with van der Waals surface area (Å²) in [5.41, 5.74) is 0.590. The van der Waals surface area contributed by atoms with Gasteiger partial charge in [-0.1, -0.05) is 0 Å². The summed E-state index contributed by atoms with van der Waals surface area (Å²) < 4.78 is 4.94. The van der Waals surface area contributed by atoms with Crippen LogP contribution in [0.2, 0.25) is 0 Å². The molecule has 4 nitrogen and oxygen atoms in total. The largest absolute Gasteiger partial charge is 0.496 e. The van der Waals surface area contributed by atoms with E-state index in [0.29, 0.717) is 11.3 Å². The minimum atomic E-state index is -0.888. The molecule has 0 unspecified atom stereocenters. The van der Waals surface area contributed by atoms with Gasteiger partial charge in [-0.15, -0.1) is 0 Å². The van der Waals surface area contributed by atoms with Gasteiger partial charge in [0.05, 0.1) is 13.5 Å². The molecule has 0 aromatic carbocycles. The van der Waals surface area contributed by atoms with E-state index in [1.165, 1.54) is 13.3 Å². The van der Waals surface area contributed by atoms with E-state index < -0.39 is 5.97 Å². The van der Waals surface area contributed by atoms with Crippen LogP contribution in [-0.2, 0) is 11.2 Å². The second kappa shape index (κ2) is 3.71. The number of carbonyl (C=O) groups is 1. The molecule has 0 aliphatic heterocycles. The Morgan fingerprint density at radius 1 is 1.75 bits per heavy atom. The van der Waals surface area contributed by atoms with Crippen LogP contribution in [0.4, 0.5) is 0 Å². The zero-order valence-corrected chi connectivity index (χ0v) is 6.65. The third-order valence-corrected chi connectivity index (χ3v) is 1.42. The molecular weight excluding hydrogens is 158 g/mol. The first kappa shape index (κ1) is 8.52. The summed E-state index contributed by atoms with van der Waals surface area (Å²) in [6.45, 7) is 0. The predicted molar refractivity (Wildman–Crippen MR) is 42.1 cm³/mol. The molecule has 0 amide bonds. The second-order valence-corrected chi connectivity index (χ2v) is 2.26. The summed E-state index contributed by atoms with van der Waals surface area (Å²) >= 11 is 0. The maximum Gasteiger partial charge on any atom is 0.308 e. The predicted octanol–water partition coefficient (Wildman–Crippen LogP) is 0.717. The standard InChI is InChI=1S/C8H9NO3/c1-12-7-2-3-9-5-6(7)4-8(10)11/h2-3,5H,4H2,1H3,(H,10,11). The molecule has 0 saturated carbocycles. The highest BCUT2D eigenvalue weighted by Crippen LogP contribution is 2.15. The molecule has 0 atom stereocenters. The van der Waals surface area contributed by atoms with Gasteiger partial charge in [-0.3, -0.25) is 9.78 Å². The molecule has 0 aliphatic carbocycles. The Labute approximate surface area is 69.8 Å². The van der Waals surface area contributed by atoms with Crippen LogP contribution in [0.3, 0.4) is 0 Å². The van der Waals surface area contributed by atoms with Crippen molar-refractivity contribution in [2.45, 2.75) is 6.42 Å². The van der Waals surface area contributed by atoms with E-state index in [0.717, 1.165) is 0 Å². The molecule has 1 heterocycles. The van der Waals surface area contributed by atoms with Crippen molar-refractivity contribution in [3.05, 3.63) is 24.0 Å². The van der Waals surface area contributed by atoms with Gasteiger partial charge in [-0.05, 0) is 6.07 Å². The summed E-state index contributed by atoms with van der Waals surface area (Å²) in [5, 5.41) is 8.50. The molecule has 1 aromatic rings. The summed E-state index contributed by atoms with van der Waals surface area (Å²) in [6, 6.07) is 1.64. The van der Waals surface area contributed by atoms with Gasteiger partial charge in [0.25, 0.3) is 0 Å². The zero-order valence-electron chi connectivity index (χ0n) is 6.65. The Kier molecular flexibility index (Phi) is 2.63.